The Morgan fingerprint density at radius 3 is 2.42 bits per heavy atom. The highest BCUT2D eigenvalue weighted by molar-refractivity contribution is 7.89. The summed E-state index contributed by atoms with van der Waals surface area (Å²) in [6, 6.07) is 7.06. The van der Waals surface area contributed by atoms with Crippen LogP contribution in [0.4, 0.5) is 13.2 Å². The fourth-order valence-electron chi connectivity index (χ4n) is 4.37. The van der Waals surface area contributed by atoms with E-state index < -0.39 is 50.4 Å². The van der Waals surface area contributed by atoms with Crippen molar-refractivity contribution in [3.05, 3.63) is 53.1 Å². The number of esters is 1. The molecule has 0 heterocycles. The van der Waals surface area contributed by atoms with Gasteiger partial charge in [0.25, 0.3) is 0 Å². The summed E-state index contributed by atoms with van der Waals surface area (Å²) in [4.78, 5) is 11.6. The van der Waals surface area contributed by atoms with Crippen molar-refractivity contribution in [3.8, 4) is 11.5 Å². The first kappa shape index (κ1) is 29.8. The summed E-state index contributed by atoms with van der Waals surface area (Å²) in [6.45, 7) is 8.22. The van der Waals surface area contributed by atoms with Crippen molar-refractivity contribution in [1.82, 2.24) is 4.31 Å². The van der Waals surface area contributed by atoms with Gasteiger partial charge < -0.3 is 14.2 Å². The Morgan fingerprint density at radius 2 is 1.82 bits per heavy atom. The van der Waals surface area contributed by atoms with E-state index in [-0.39, 0.29) is 12.4 Å². The van der Waals surface area contributed by atoms with Crippen LogP contribution in [0.5, 0.6) is 11.5 Å². The number of carbonyl (C=O) groups is 1. The Morgan fingerprint density at radius 1 is 1.13 bits per heavy atom. The minimum atomic E-state index is -4.75. The summed E-state index contributed by atoms with van der Waals surface area (Å²) in [6.07, 6.45) is -3.52. The van der Waals surface area contributed by atoms with E-state index >= 15 is 0 Å². The van der Waals surface area contributed by atoms with E-state index in [1.807, 2.05) is 0 Å². The SMILES string of the molecule is CC(C)Oc1cc(C(F)(F)F)cc(S(=O)(=O)N(C)[C@@H]2CCCc3c(OCC(=O)OC(C)(C)C)cccc32)c1. The van der Waals surface area contributed by atoms with E-state index in [0.717, 1.165) is 22.0 Å². The molecular formula is C27H34F3NO6S. The van der Waals surface area contributed by atoms with E-state index in [1.54, 1.807) is 52.8 Å². The smallest absolute Gasteiger partial charge is 0.416 e. The maximum absolute atomic E-state index is 13.6. The average Bonchev–Trinajstić information content (AvgIpc) is 2.79. The molecule has 11 heteroatoms. The van der Waals surface area contributed by atoms with Gasteiger partial charge in [-0.2, -0.15) is 17.5 Å². The molecule has 2 aromatic carbocycles. The Kier molecular flexibility index (Phi) is 8.72. The fourth-order valence-corrected chi connectivity index (χ4v) is 5.80. The van der Waals surface area contributed by atoms with Crippen LogP contribution in [0.15, 0.2) is 41.3 Å². The fraction of sp³-hybridized carbons (Fsp3) is 0.519. The molecule has 0 amide bonds. The van der Waals surface area contributed by atoms with Gasteiger partial charge in [0.1, 0.15) is 17.1 Å². The molecule has 0 N–H and O–H groups in total. The maximum Gasteiger partial charge on any atom is 0.416 e. The Bertz CT molecular complexity index is 1270. The first-order chi connectivity index (χ1) is 17.5. The minimum absolute atomic E-state index is 0.177. The van der Waals surface area contributed by atoms with Crippen LogP contribution in [0.25, 0.3) is 0 Å². The van der Waals surface area contributed by atoms with Gasteiger partial charge in [-0.1, -0.05) is 12.1 Å². The number of carbonyl (C=O) groups excluding carboxylic acids is 1. The first-order valence-electron chi connectivity index (χ1n) is 12.3. The molecule has 38 heavy (non-hydrogen) atoms. The zero-order chi connectivity index (χ0) is 28.5. The molecule has 1 aliphatic carbocycles. The molecule has 7 nitrogen and oxygen atoms in total. The highest BCUT2D eigenvalue weighted by Crippen LogP contribution is 2.41. The third kappa shape index (κ3) is 7.19. The van der Waals surface area contributed by atoms with Crippen molar-refractivity contribution < 1.29 is 40.6 Å². The molecule has 0 bridgehead atoms. The molecule has 0 aromatic heterocycles. The van der Waals surface area contributed by atoms with Crippen molar-refractivity contribution in [2.75, 3.05) is 13.7 Å². The van der Waals surface area contributed by atoms with E-state index in [1.165, 1.54) is 7.05 Å². The lowest BCUT2D eigenvalue weighted by Gasteiger charge is -2.33. The van der Waals surface area contributed by atoms with Crippen LogP contribution in [0, 0.1) is 0 Å². The number of alkyl halides is 3. The van der Waals surface area contributed by atoms with Crippen LogP contribution in [0.1, 0.15) is 70.2 Å². The summed E-state index contributed by atoms with van der Waals surface area (Å²) in [5, 5.41) is 0. The van der Waals surface area contributed by atoms with Crippen LogP contribution >= 0.6 is 0 Å². The first-order valence-corrected chi connectivity index (χ1v) is 13.8. The van der Waals surface area contributed by atoms with Gasteiger partial charge in [0.2, 0.25) is 10.0 Å². The number of rotatable bonds is 8. The molecule has 0 aliphatic heterocycles. The molecule has 0 fully saturated rings. The molecule has 0 unspecified atom stereocenters. The van der Waals surface area contributed by atoms with E-state index in [4.69, 9.17) is 14.2 Å². The van der Waals surface area contributed by atoms with Gasteiger partial charge in [-0.3, -0.25) is 0 Å². The minimum Gasteiger partial charge on any atom is -0.491 e. The van der Waals surface area contributed by atoms with Crippen LogP contribution in [0.2, 0.25) is 0 Å². The normalized spacial score (nSPS) is 16.3. The van der Waals surface area contributed by atoms with Gasteiger partial charge in [-0.15, -0.1) is 0 Å². The van der Waals surface area contributed by atoms with Crippen LogP contribution in [-0.2, 0) is 32.2 Å². The molecular weight excluding hydrogens is 523 g/mol. The lowest BCUT2D eigenvalue weighted by Crippen LogP contribution is -2.34. The van der Waals surface area contributed by atoms with Crippen molar-refractivity contribution in [2.24, 2.45) is 0 Å². The third-order valence-electron chi connectivity index (χ3n) is 5.89. The van der Waals surface area contributed by atoms with Gasteiger partial charge in [0, 0.05) is 13.1 Å². The number of ether oxygens (including phenoxy) is 3. The molecule has 0 saturated carbocycles. The molecule has 2 aromatic rings. The highest BCUT2D eigenvalue weighted by Gasteiger charge is 2.37. The molecule has 0 radical (unpaired) electrons. The maximum atomic E-state index is 13.6. The summed E-state index contributed by atoms with van der Waals surface area (Å²) in [7, 11) is -2.99. The van der Waals surface area contributed by atoms with Gasteiger partial charge in [0.05, 0.1) is 22.6 Å². The number of fused-ring (bicyclic) bond motifs is 1. The Labute approximate surface area is 221 Å². The number of benzene rings is 2. The monoisotopic (exact) mass is 557 g/mol. The number of sulfonamides is 1. The zero-order valence-corrected chi connectivity index (χ0v) is 23.2. The Hall–Kier alpha value is -2.79. The van der Waals surface area contributed by atoms with Crippen LogP contribution in [-0.4, -0.2) is 44.1 Å². The highest BCUT2D eigenvalue weighted by atomic mass is 32.2. The quantitative estimate of drug-likeness (QED) is 0.375. The lowest BCUT2D eigenvalue weighted by atomic mass is 9.87. The molecule has 1 atom stereocenters. The molecule has 0 saturated heterocycles. The number of hydrogen-bond donors (Lipinski definition) is 0. The molecule has 0 spiro atoms. The topological polar surface area (TPSA) is 82.1 Å². The second-order valence-corrected chi connectivity index (χ2v) is 12.5. The number of halogens is 3. The van der Waals surface area contributed by atoms with Gasteiger partial charge in [0.15, 0.2) is 6.61 Å². The van der Waals surface area contributed by atoms with Crippen LogP contribution < -0.4 is 9.47 Å². The lowest BCUT2D eigenvalue weighted by molar-refractivity contribution is -0.157. The zero-order valence-electron chi connectivity index (χ0n) is 22.4. The van der Waals surface area contributed by atoms with E-state index in [0.29, 0.717) is 36.6 Å². The van der Waals surface area contributed by atoms with Crippen molar-refractivity contribution in [2.45, 2.75) is 82.7 Å². The average molecular weight is 558 g/mol. The summed E-state index contributed by atoms with van der Waals surface area (Å²) in [5.74, 6) is -0.273. The second-order valence-electron chi connectivity index (χ2n) is 10.5. The number of nitrogens with zero attached hydrogens (tertiary/aromatic N) is 1. The van der Waals surface area contributed by atoms with Crippen molar-refractivity contribution in [3.63, 3.8) is 0 Å². The predicted molar refractivity (Wildman–Crippen MR) is 136 cm³/mol. The molecule has 210 valence electrons. The van der Waals surface area contributed by atoms with Crippen molar-refractivity contribution in [1.29, 1.82) is 0 Å². The van der Waals surface area contributed by atoms with Crippen LogP contribution in [0.3, 0.4) is 0 Å². The van der Waals surface area contributed by atoms with E-state index in [9.17, 15) is 26.4 Å². The molecule has 3 rings (SSSR count). The third-order valence-corrected chi connectivity index (χ3v) is 7.74. The largest absolute Gasteiger partial charge is 0.491 e. The number of hydrogen-bond acceptors (Lipinski definition) is 6. The van der Waals surface area contributed by atoms with Gasteiger partial charge >= 0.3 is 12.1 Å². The summed E-state index contributed by atoms with van der Waals surface area (Å²) >= 11 is 0. The Balaban J connectivity index is 1.94. The van der Waals surface area contributed by atoms with E-state index in [2.05, 4.69) is 0 Å². The predicted octanol–water partition coefficient (Wildman–Crippen LogP) is 5.91. The second kappa shape index (κ2) is 11.1. The summed E-state index contributed by atoms with van der Waals surface area (Å²) < 4.78 is 85.5. The van der Waals surface area contributed by atoms with Gasteiger partial charge in [-0.05, 0) is 83.2 Å². The molecule has 1 aliphatic rings. The summed E-state index contributed by atoms with van der Waals surface area (Å²) in [5.41, 5.74) is -0.344. The van der Waals surface area contributed by atoms with Crippen molar-refractivity contribution >= 4 is 16.0 Å². The van der Waals surface area contributed by atoms with Gasteiger partial charge in [-0.25, -0.2) is 13.2 Å². The standard InChI is InChI=1S/C27H34F3NO6S/c1-17(2)36-19-13-18(27(28,29)30)14-20(15-19)38(33,34)31(6)23-11-7-10-22-21(23)9-8-12-24(22)35-16-25(32)37-26(3,4)5/h8-9,12-15,17,23H,7,10-11,16H2,1-6H3/t23-/m1/s1.